The van der Waals surface area contributed by atoms with Crippen LogP contribution in [-0.4, -0.2) is 21.2 Å². The van der Waals surface area contributed by atoms with Crippen molar-refractivity contribution in [3.63, 3.8) is 0 Å². The summed E-state index contributed by atoms with van der Waals surface area (Å²) in [5, 5.41) is 12.1. The number of carbonyl (C=O) groups is 1. The second-order valence-corrected chi connectivity index (χ2v) is 5.06. The lowest BCUT2D eigenvalue weighted by Crippen LogP contribution is -2.10. The van der Waals surface area contributed by atoms with E-state index in [4.69, 9.17) is 9.63 Å². The zero-order valence-corrected chi connectivity index (χ0v) is 10.5. The molecule has 0 aliphatic rings. The molecule has 94 valence electrons. The minimum Gasteiger partial charge on any atom is -0.475 e. The monoisotopic (exact) mass is 246 g/mol. The third kappa shape index (κ3) is 2.40. The van der Waals surface area contributed by atoms with Crippen molar-refractivity contribution in [1.29, 1.82) is 0 Å². The van der Waals surface area contributed by atoms with Crippen LogP contribution in [0.4, 0.5) is 0 Å². The topological polar surface area (TPSA) is 76.2 Å². The fourth-order valence-electron chi connectivity index (χ4n) is 1.54. The van der Waals surface area contributed by atoms with Gasteiger partial charge in [-0.1, -0.05) is 32.9 Å². The highest BCUT2D eigenvalue weighted by atomic mass is 16.5. The number of hydrogen-bond acceptors (Lipinski definition) is 4. The largest absolute Gasteiger partial charge is 0.475 e. The van der Waals surface area contributed by atoms with Gasteiger partial charge in [0.2, 0.25) is 0 Å². The lowest BCUT2D eigenvalue weighted by molar-refractivity contribution is 0.0680. The summed E-state index contributed by atoms with van der Waals surface area (Å²) in [6.45, 7) is 6.37. The van der Waals surface area contributed by atoms with Crippen LogP contribution in [0.2, 0.25) is 0 Å². The summed E-state index contributed by atoms with van der Waals surface area (Å²) in [6, 6.07) is 7.64. The van der Waals surface area contributed by atoms with E-state index >= 15 is 0 Å². The molecule has 1 N–H and O–H groups in total. The SMILES string of the molecule is CC(C)(C)c1ccc(-c2nc(C(=O)O)no2)cc1. The summed E-state index contributed by atoms with van der Waals surface area (Å²) in [5.41, 5.74) is 1.96. The number of aromatic nitrogens is 2. The minimum atomic E-state index is -1.20. The van der Waals surface area contributed by atoms with Gasteiger partial charge >= 0.3 is 5.97 Å². The summed E-state index contributed by atoms with van der Waals surface area (Å²) in [7, 11) is 0. The second kappa shape index (κ2) is 4.25. The highest BCUT2D eigenvalue weighted by Crippen LogP contribution is 2.25. The molecule has 0 aliphatic carbocycles. The van der Waals surface area contributed by atoms with Gasteiger partial charge in [-0.25, -0.2) is 4.79 Å². The van der Waals surface area contributed by atoms with Crippen LogP contribution in [-0.2, 0) is 5.41 Å². The molecule has 0 fully saturated rings. The molecule has 5 heteroatoms. The van der Waals surface area contributed by atoms with E-state index in [2.05, 4.69) is 30.9 Å². The van der Waals surface area contributed by atoms with Crippen LogP contribution >= 0.6 is 0 Å². The first kappa shape index (κ1) is 12.3. The standard InChI is InChI=1S/C13H14N2O3/c1-13(2,3)9-6-4-8(5-7-9)11-14-10(12(16)17)15-18-11/h4-7H,1-3H3,(H,16,17). The lowest BCUT2D eigenvalue weighted by atomic mass is 9.87. The van der Waals surface area contributed by atoms with Gasteiger partial charge in [0.15, 0.2) is 0 Å². The van der Waals surface area contributed by atoms with Gasteiger partial charge in [0, 0.05) is 5.56 Å². The Bertz CT molecular complexity index is 565. The molecule has 0 spiro atoms. The van der Waals surface area contributed by atoms with Gasteiger partial charge in [-0.3, -0.25) is 0 Å². The van der Waals surface area contributed by atoms with Crippen molar-refractivity contribution in [2.75, 3.05) is 0 Å². The van der Waals surface area contributed by atoms with E-state index in [0.717, 1.165) is 0 Å². The molecule has 1 aromatic carbocycles. The maximum Gasteiger partial charge on any atom is 0.377 e. The molecule has 0 amide bonds. The Morgan fingerprint density at radius 1 is 1.22 bits per heavy atom. The number of hydrogen-bond donors (Lipinski definition) is 1. The maximum absolute atomic E-state index is 10.6. The maximum atomic E-state index is 10.6. The Balaban J connectivity index is 2.31. The Kier molecular flexibility index (Phi) is 2.90. The number of nitrogens with zero attached hydrogens (tertiary/aromatic N) is 2. The van der Waals surface area contributed by atoms with Crippen LogP contribution in [0.25, 0.3) is 11.5 Å². The fraction of sp³-hybridized carbons (Fsp3) is 0.308. The van der Waals surface area contributed by atoms with Crippen LogP contribution in [0.5, 0.6) is 0 Å². The first-order valence-corrected chi connectivity index (χ1v) is 5.56. The third-order valence-corrected chi connectivity index (χ3v) is 2.62. The van der Waals surface area contributed by atoms with Crippen LogP contribution < -0.4 is 0 Å². The number of aromatic carboxylic acids is 1. The molecule has 0 atom stereocenters. The van der Waals surface area contributed by atoms with Crippen molar-refractivity contribution >= 4 is 5.97 Å². The van der Waals surface area contributed by atoms with E-state index in [0.29, 0.717) is 5.56 Å². The van der Waals surface area contributed by atoms with E-state index in [1.54, 1.807) is 0 Å². The number of carboxylic acids is 1. The molecule has 0 radical (unpaired) electrons. The van der Waals surface area contributed by atoms with Crippen LogP contribution in [0, 0.1) is 0 Å². The van der Waals surface area contributed by atoms with Crippen LogP contribution in [0.3, 0.4) is 0 Å². The van der Waals surface area contributed by atoms with Gasteiger partial charge in [0.1, 0.15) is 0 Å². The molecule has 1 aromatic heterocycles. The summed E-state index contributed by atoms with van der Waals surface area (Å²) < 4.78 is 4.90. The summed E-state index contributed by atoms with van der Waals surface area (Å²) in [4.78, 5) is 14.4. The van der Waals surface area contributed by atoms with E-state index in [-0.39, 0.29) is 17.1 Å². The summed E-state index contributed by atoms with van der Waals surface area (Å²) in [6.07, 6.45) is 0. The molecule has 0 aliphatic heterocycles. The zero-order chi connectivity index (χ0) is 13.3. The average molecular weight is 246 g/mol. The molecule has 0 saturated carbocycles. The Hall–Kier alpha value is -2.17. The first-order valence-electron chi connectivity index (χ1n) is 5.56. The molecule has 1 heterocycles. The third-order valence-electron chi connectivity index (χ3n) is 2.62. The molecule has 0 saturated heterocycles. The zero-order valence-electron chi connectivity index (χ0n) is 10.5. The number of rotatable bonds is 2. The Morgan fingerprint density at radius 2 is 1.83 bits per heavy atom. The predicted octanol–water partition coefficient (Wildman–Crippen LogP) is 2.73. The predicted molar refractivity (Wildman–Crippen MR) is 65.4 cm³/mol. The molecule has 2 rings (SSSR count). The second-order valence-electron chi connectivity index (χ2n) is 5.06. The number of carboxylic acid groups (broad SMARTS) is 1. The highest BCUT2D eigenvalue weighted by molar-refractivity contribution is 5.83. The molecule has 0 bridgehead atoms. The molecule has 0 unspecified atom stereocenters. The Labute approximate surface area is 104 Å². The fourth-order valence-corrected chi connectivity index (χ4v) is 1.54. The highest BCUT2D eigenvalue weighted by Gasteiger charge is 2.16. The lowest BCUT2D eigenvalue weighted by Gasteiger charge is -2.18. The van der Waals surface area contributed by atoms with Gasteiger partial charge in [-0.15, -0.1) is 0 Å². The molecule has 18 heavy (non-hydrogen) atoms. The van der Waals surface area contributed by atoms with Crippen molar-refractivity contribution in [2.45, 2.75) is 26.2 Å². The van der Waals surface area contributed by atoms with Crippen molar-refractivity contribution in [3.05, 3.63) is 35.7 Å². The minimum absolute atomic E-state index is 0.0690. The molecule has 5 nitrogen and oxygen atoms in total. The average Bonchev–Trinajstić information content (AvgIpc) is 2.77. The normalized spacial score (nSPS) is 11.5. The van der Waals surface area contributed by atoms with Crippen molar-refractivity contribution in [1.82, 2.24) is 10.1 Å². The quantitative estimate of drug-likeness (QED) is 0.881. The van der Waals surface area contributed by atoms with Gasteiger partial charge < -0.3 is 9.63 Å². The number of benzene rings is 1. The summed E-state index contributed by atoms with van der Waals surface area (Å²) in [5.74, 6) is -1.31. The van der Waals surface area contributed by atoms with Crippen LogP contribution in [0.15, 0.2) is 28.8 Å². The van der Waals surface area contributed by atoms with Gasteiger partial charge in [-0.2, -0.15) is 4.98 Å². The van der Waals surface area contributed by atoms with E-state index in [1.807, 2.05) is 24.3 Å². The Morgan fingerprint density at radius 3 is 2.28 bits per heavy atom. The smallest absolute Gasteiger partial charge is 0.377 e. The van der Waals surface area contributed by atoms with E-state index in [1.165, 1.54) is 5.56 Å². The van der Waals surface area contributed by atoms with Gasteiger partial charge in [-0.05, 0) is 28.3 Å². The van der Waals surface area contributed by atoms with E-state index in [9.17, 15) is 4.79 Å². The molecular formula is C13H14N2O3. The van der Waals surface area contributed by atoms with Crippen molar-refractivity contribution in [3.8, 4) is 11.5 Å². The van der Waals surface area contributed by atoms with Crippen molar-refractivity contribution < 1.29 is 14.4 Å². The van der Waals surface area contributed by atoms with Gasteiger partial charge in [0.25, 0.3) is 11.7 Å². The first-order chi connectivity index (χ1) is 8.38. The molecular weight excluding hydrogens is 232 g/mol. The summed E-state index contributed by atoms with van der Waals surface area (Å²) >= 11 is 0. The van der Waals surface area contributed by atoms with E-state index < -0.39 is 5.97 Å². The van der Waals surface area contributed by atoms with Crippen LogP contribution in [0.1, 0.15) is 37.0 Å². The van der Waals surface area contributed by atoms with Gasteiger partial charge in [0.05, 0.1) is 0 Å². The van der Waals surface area contributed by atoms with Crippen molar-refractivity contribution in [2.24, 2.45) is 0 Å². The molecule has 2 aromatic rings.